The van der Waals surface area contributed by atoms with E-state index in [4.69, 9.17) is 10.2 Å². The molecule has 2 aromatic rings. The summed E-state index contributed by atoms with van der Waals surface area (Å²) in [7, 11) is -6.57. The predicted molar refractivity (Wildman–Crippen MR) is 126 cm³/mol. The third-order valence-electron chi connectivity index (χ3n) is 3.70. The van der Waals surface area contributed by atoms with Gasteiger partial charge in [-0.1, -0.05) is 24.3 Å². The SMILES string of the molecule is CS(=O)(=O)c1ccccc1O.CS(=O)(=O)c1ccccc1O.[C-]1=CC=CC1.[C-]1=CC=CC1.[Zr+2]. The van der Waals surface area contributed by atoms with Crippen LogP contribution in [-0.2, 0) is 45.9 Å². The summed E-state index contributed by atoms with van der Waals surface area (Å²) in [6, 6.07) is 11.7. The molecule has 0 aliphatic heterocycles. The Labute approximate surface area is 215 Å². The quantitative estimate of drug-likeness (QED) is 0.529. The Hall–Kier alpha value is -2.22. The van der Waals surface area contributed by atoms with Crippen LogP contribution in [0.1, 0.15) is 12.8 Å². The van der Waals surface area contributed by atoms with Gasteiger partial charge in [0.05, 0.1) is 0 Å². The Bertz CT molecular complexity index is 1080. The molecular formula is C24H26O6S2Zr. The van der Waals surface area contributed by atoms with Crippen LogP contribution >= 0.6 is 0 Å². The number of sulfone groups is 2. The molecule has 0 atom stereocenters. The van der Waals surface area contributed by atoms with Crippen LogP contribution in [0, 0.1) is 12.2 Å². The number of aromatic hydroxyl groups is 2. The molecule has 9 heteroatoms. The maximum atomic E-state index is 10.9. The van der Waals surface area contributed by atoms with E-state index in [0.717, 1.165) is 25.4 Å². The van der Waals surface area contributed by atoms with E-state index >= 15 is 0 Å². The topological polar surface area (TPSA) is 109 Å². The Kier molecular flexibility index (Phi) is 14.5. The van der Waals surface area contributed by atoms with Gasteiger partial charge in [-0.15, -0.1) is 12.8 Å². The number of hydrogen-bond acceptors (Lipinski definition) is 6. The molecule has 0 aromatic heterocycles. The number of hydrogen-bond donors (Lipinski definition) is 2. The van der Waals surface area contributed by atoms with Crippen LogP contribution in [0.4, 0.5) is 0 Å². The fourth-order valence-corrected chi connectivity index (χ4v) is 3.77. The summed E-state index contributed by atoms with van der Waals surface area (Å²) in [5.41, 5.74) is 0. The number of benzene rings is 2. The van der Waals surface area contributed by atoms with Crippen LogP contribution < -0.4 is 0 Å². The van der Waals surface area contributed by atoms with Crippen molar-refractivity contribution in [1.82, 2.24) is 0 Å². The third-order valence-corrected chi connectivity index (χ3v) is 5.99. The first-order valence-corrected chi connectivity index (χ1v) is 13.2. The number of para-hydroxylation sites is 2. The normalized spacial score (nSPS) is 12.9. The molecule has 0 radical (unpaired) electrons. The molecule has 0 fully saturated rings. The van der Waals surface area contributed by atoms with Crippen molar-refractivity contribution < 1.29 is 53.3 Å². The number of phenolic OH excluding ortho intramolecular Hbond substituents is 2. The molecular weight excluding hydrogens is 540 g/mol. The standard InChI is InChI=1S/2C7H8O3S.2C5H5.Zr/c2*1-11(9,10)7-5-3-2-4-6(7)8;2*1-2-4-5-3-1;/h2*2-5,8H,1H3;2*1-3H,4H2;/q;;2*-1;+2. The second-order valence-electron chi connectivity index (χ2n) is 6.49. The van der Waals surface area contributed by atoms with E-state index in [9.17, 15) is 16.8 Å². The zero-order chi connectivity index (χ0) is 24.0. The average Bonchev–Trinajstić information content (AvgIpc) is 3.46. The van der Waals surface area contributed by atoms with Crippen LogP contribution in [0.15, 0.2) is 94.8 Å². The van der Waals surface area contributed by atoms with Gasteiger partial charge in [0.2, 0.25) is 0 Å². The van der Waals surface area contributed by atoms with E-state index in [1.54, 1.807) is 24.3 Å². The molecule has 0 saturated heterocycles. The first-order chi connectivity index (χ1) is 15.0. The van der Waals surface area contributed by atoms with Crippen molar-refractivity contribution in [3.8, 4) is 11.5 Å². The van der Waals surface area contributed by atoms with Gasteiger partial charge in [-0.05, 0) is 24.3 Å². The second-order valence-corrected chi connectivity index (χ2v) is 10.5. The fourth-order valence-electron chi connectivity index (χ4n) is 2.22. The van der Waals surface area contributed by atoms with Crippen molar-refractivity contribution in [3.63, 3.8) is 0 Å². The summed E-state index contributed by atoms with van der Waals surface area (Å²) in [4.78, 5) is -0.0556. The zero-order valence-electron chi connectivity index (χ0n) is 18.3. The molecule has 4 rings (SSSR count). The van der Waals surface area contributed by atoms with Crippen LogP contribution in [-0.4, -0.2) is 39.6 Å². The Morgan fingerprint density at radius 1 is 0.667 bits per heavy atom. The molecule has 0 amide bonds. The Morgan fingerprint density at radius 3 is 1.15 bits per heavy atom. The van der Waals surface area contributed by atoms with E-state index < -0.39 is 19.7 Å². The average molecular weight is 566 g/mol. The molecule has 174 valence electrons. The maximum Gasteiger partial charge on any atom is 2.00 e. The minimum atomic E-state index is -3.28. The van der Waals surface area contributed by atoms with Crippen molar-refractivity contribution in [3.05, 3.63) is 97.1 Å². The fraction of sp³-hybridized carbons (Fsp3) is 0.167. The second kappa shape index (κ2) is 15.6. The van der Waals surface area contributed by atoms with Crippen molar-refractivity contribution in [2.75, 3.05) is 12.5 Å². The Morgan fingerprint density at radius 2 is 1.00 bits per heavy atom. The molecule has 2 aromatic carbocycles. The van der Waals surface area contributed by atoms with Gasteiger partial charge in [0.1, 0.15) is 21.3 Å². The van der Waals surface area contributed by atoms with Gasteiger partial charge in [0, 0.05) is 12.5 Å². The molecule has 0 heterocycles. The third kappa shape index (κ3) is 13.2. The van der Waals surface area contributed by atoms with Crippen LogP contribution in [0.5, 0.6) is 11.5 Å². The van der Waals surface area contributed by atoms with Crippen molar-refractivity contribution in [1.29, 1.82) is 0 Å². The molecule has 2 N–H and O–H groups in total. The molecule has 0 unspecified atom stereocenters. The minimum Gasteiger partial charge on any atom is -0.507 e. The first-order valence-electron chi connectivity index (χ1n) is 9.43. The molecule has 2 aliphatic carbocycles. The van der Waals surface area contributed by atoms with E-state index in [1.165, 1.54) is 24.3 Å². The molecule has 6 nitrogen and oxygen atoms in total. The van der Waals surface area contributed by atoms with Crippen LogP contribution in [0.2, 0.25) is 0 Å². The van der Waals surface area contributed by atoms with Crippen LogP contribution in [0.3, 0.4) is 0 Å². The summed E-state index contributed by atoms with van der Waals surface area (Å²) in [5, 5.41) is 18.1. The Balaban J connectivity index is 0.000000434. The first kappa shape index (κ1) is 30.8. The van der Waals surface area contributed by atoms with Crippen LogP contribution in [0.25, 0.3) is 0 Å². The summed E-state index contributed by atoms with van der Waals surface area (Å²) >= 11 is 0. The number of allylic oxidation sites excluding steroid dienone is 8. The van der Waals surface area contributed by atoms with Crippen molar-refractivity contribution >= 4 is 19.7 Å². The smallest absolute Gasteiger partial charge is 0.507 e. The van der Waals surface area contributed by atoms with Gasteiger partial charge in [0.15, 0.2) is 19.7 Å². The van der Waals surface area contributed by atoms with Gasteiger partial charge in [-0.3, -0.25) is 12.2 Å². The van der Waals surface area contributed by atoms with E-state index in [-0.39, 0.29) is 47.5 Å². The monoisotopic (exact) mass is 564 g/mol. The molecule has 2 aliphatic rings. The summed E-state index contributed by atoms with van der Waals surface area (Å²) in [6.07, 6.45) is 22.1. The summed E-state index contributed by atoms with van der Waals surface area (Å²) in [5.74, 6) is -0.398. The molecule has 0 spiro atoms. The van der Waals surface area contributed by atoms with Gasteiger partial charge in [-0.25, -0.2) is 41.1 Å². The van der Waals surface area contributed by atoms with E-state index in [1.807, 2.05) is 24.3 Å². The van der Waals surface area contributed by atoms with Gasteiger partial charge in [-0.2, -0.15) is 12.2 Å². The molecule has 0 bridgehead atoms. The van der Waals surface area contributed by atoms with Gasteiger partial charge < -0.3 is 10.2 Å². The largest absolute Gasteiger partial charge is 2.00 e. The van der Waals surface area contributed by atoms with Crippen molar-refractivity contribution in [2.45, 2.75) is 22.6 Å². The van der Waals surface area contributed by atoms with Crippen molar-refractivity contribution in [2.24, 2.45) is 0 Å². The summed E-state index contributed by atoms with van der Waals surface area (Å²) in [6.45, 7) is 0. The predicted octanol–water partition coefficient (Wildman–Crippen LogP) is 4.20. The minimum absolute atomic E-state index is 0. The van der Waals surface area contributed by atoms with Gasteiger partial charge >= 0.3 is 26.2 Å². The van der Waals surface area contributed by atoms with E-state index in [0.29, 0.717) is 0 Å². The molecule has 0 saturated carbocycles. The zero-order valence-corrected chi connectivity index (χ0v) is 22.4. The van der Waals surface area contributed by atoms with E-state index in [2.05, 4.69) is 24.3 Å². The maximum absolute atomic E-state index is 10.9. The number of phenols is 2. The van der Waals surface area contributed by atoms with Gasteiger partial charge in [0.25, 0.3) is 0 Å². The number of rotatable bonds is 2. The summed E-state index contributed by atoms with van der Waals surface area (Å²) < 4.78 is 43.6. The molecule has 33 heavy (non-hydrogen) atoms.